The summed E-state index contributed by atoms with van der Waals surface area (Å²) in [6, 6.07) is 3.07. The highest BCUT2D eigenvalue weighted by Gasteiger charge is 2.10. The number of halogens is 3. The monoisotopic (exact) mass is 265 g/mol. The first-order valence-corrected chi connectivity index (χ1v) is 5.89. The van der Waals surface area contributed by atoms with Crippen LogP contribution >= 0.6 is 11.6 Å². The fourth-order valence-corrected chi connectivity index (χ4v) is 1.68. The van der Waals surface area contributed by atoms with Crippen LogP contribution in [0.4, 0.5) is 8.78 Å². The molecule has 0 aliphatic rings. The topological polar surface area (TPSA) is 29.4 Å². The molecular weight excluding hydrogens is 256 g/mol. The molecule has 0 amide bonds. The molecule has 0 bridgehead atoms. The zero-order valence-electron chi connectivity index (χ0n) is 8.29. The zero-order valence-corrected chi connectivity index (χ0v) is 9.94. The molecule has 0 saturated carbocycles. The van der Waals surface area contributed by atoms with E-state index in [-0.39, 0.29) is 11.3 Å². The van der Waals surface area contributed by atoms with Crippen molar-refractivity contribution in [1.29, 1.82) is 0 Å². The van der Waals surface area contributed by atoms with Gasteiger partial charge in [0.1, 0.15) is 23.5 Å². The first-order valence-electron chi connectivity index (χ1n) is 4.59. The fraction of sp³-hybridized carbons (Fsp3) is 0.300. The molecule has 0 atom stereocenters. The van der Waals surface area contributed by atoms with Crippen molar-refractivity contribution >= 4 is 29.2 Å². The minimum absolute atomic E-state index is 0.0356. The summed E-state index contributed by atoms with van der Waals surface area (Å²) >= 11 is 5.03. The third-order valence-corrected chi connectivity index (χ3v) is 2.54. The van der Waals surface area contributed by atoms with Crippen molar-refractivity contribution in [2.75, 3.05) is 5.88 Å². The van der Waals surface area contributed by atoms with Crippen molar-refractivity contribution < 1.29 is 13.0 Å². The normalized spacial score (nSPS) is 11.8. The van der Waals surface area contributed by atoms with Crippen LogP contribution in [0.1, 0.15) is 18.4 Å². The summed E-state index contributed by atoms with van der Waals surface area (Å²) in [5, 5.41) is 0. The van der Waals surface area contributed by atoms with Crippen LogP contribution in [0.3, 0.4) is 0 Å². The van der Waals surface area contributed by atoms with E-state index in [1.807, 2.05) is 0 Å². The van der Waals surface area contributed by atoms with E-state index in [1.165, 1.54) is 0 Å². The van der Waals surface area contributed by atoms with Crippen LogP contribution in [0.15, 0.2) is 22.6 Å². The van der Waals surface area contributed by atoms with Gasteiger partial charge in [0.25, 0.3) is 0 Å². The Balaban J connectivity index is 3.05. The predicted molar refractivity (Wildman–Crippen MR) is 62.4 cm³/mol. The number of thiol groups is 1. The molecule has 0 N–H and O–H groups in total. The van der Waals surface area contributed by atoms with Gasteiger partial charge in [-0.1, -0.05) is 0 Å². The summed E-state index contributed by atoms with van der Waals surface area (Å²) in [5.74, 6) is -0.762. The molecule has 0 radical (unpaired) electrons. The molecule has 0 unspecified atom stereocenters. The zero-order chi connectivity index (χ0) is 12.0. The highest BCUT2D eigenvalue weighted by molar-refractivity contribution is 7.64. The Morgan fingerprint density at radius 1 is 1.44 bits per heavy atom. The Morgan fingerprint density at radius 3 is 2.81 bits per heavy atom. The second-order valence-corrected chi connectivity index (χ2v) is 3.79. The number of nitrogens with zero attached hydrogens (tertiary/aromatic N) is 1. The van der Waals surface area contributed by atoms with Gasteiger partial charge in [-0.3, -0.25) is 0 Å². The van der Waals surface area contributed by atoms with Crippen molar-refractivity contribution in [3.05, 3.63) is 35.4 Å². The summed E-state index contributed by atoms with van der Waals surface area (Å²) in [7, 11) is 0. The number of benzene rings is 1. The fourth-order valence-electron chi connectivity index (χ4n) is 1.24. The average molecular weight is 266 g/mol. The molecule has 16 heavy (non-hydrogen) atoms. The van der Waals surface area contributed by atoms with E-state index in [9.17, 15) is 13.0 Å². The molecule has 0 fully saturated rings. The van der Waals surface area contributed by atoms with Crippen LogP contribution in [0.2, 0.25) is 0 Å². The van der Waals surface area contributed by atoms with E-state index >= 15 is 0 Å². The number of alkyl halides is 1. The highest BCUT2D eigenvalue weighted by Crippen LogP contribution is 2.14. The number of rotatable bonds is 5. The minimum Gasteiger partial charge on any atom is -0.238 e. The van der Waals surface area contributed by atoms with Gasteiger partial charge in [-0.25, -0.2) is 13.0 Å². The minimum atomic E-state index is -0.585. The van der Waals surface area contributed by atoms with Gasteiger partial charge in [0.05, 0.1) is 5.71 Å². The van der Waals surface area contributed by atoms with Crippen LogP contribution in [0.5, 0.6) is 0 Å². The van der Waals surface area contributed by atoms with Gasteiger partial charge >= 0.3 is 0 Å². The van der Waals surface area contributed by atoms with Crippen molar-refractivity contribution in [2.45, 2.75) is 12.8 Å². The number of hydrogen-bond donors (Lipinski definition) is 1. The van der Waals surface area contributed by atoms with Crippen molar-refractivity contribution in [2.24, 2.45) is 4.40 Å². The van der Waals surface area contributed by atoms with Gasteiger partial charge < -0.3 is 0 Å². The first-order chi connectivity index (χ1) is 7.69. The Bertz CT molecular complexity index is 412. The Kier molecular flexibility index (Phi) is 5.55. The van der Waals surface area contributed by atoms with E-state index in [0.717, 1.165) is 18.2 Å². The van der Waals surface area contributed by atoms with E-state index in [2.05, 4.69) is 4.40 Å². The lowest BCUT2D eigenvalue weighted by Crippen LogP contribution is -2.05. The second kappa shape index (κ2) is 6.70. The summed E-state index contributed by atoms with van der Waals surface area (Å²) in [6.45, 7) is 0. The van der Waals surface area contributed by atoms with E-state index in [1.54, 1.807) is 0 Å². The SMILES string of the molecule is O=[SH]/N=C(\CCCCl)c1cc(F)ccc1F. The molecule has 1 aromatic carbocycles. The van der Waals surface area contributed by atoms with Crippen LogP contribution < -0.4 is 0 Å². The van der Waals surface area contributed by atoms with Crippen LogP contribution in [-0.2, 0) is 11.9 Å². The summed E-state index contributed by atoms with van der Waals surface area (Å²) < 4.78 is 40.3. The average Bonchev–Trinajstić information content (AvgIpc) is 2.28. The molecule has 0 saturated heterocycles. The van der Waals surface area contributed by atoms with Gasteiger partial charge in [-0.05, 0) is 31.0 Å². The Labute approximate surface area is 101 Å². The molecule has 1 aromatic rings. The maximum atomic E-state index is 13.4. The molecule has 0 aromatic heterocycles. The van der Waals surface area contributed by atoms with E-state index in [4.69, 9.17) is 11.6 Å². The smallest absolute Gasteiger partial charge is 0.132 e. The molecule has 6 heteroatoms. The van der Waals surface area contributed by atoms with E-state index in [0.29, 0.717) is 18.7 Å². The summed E-state index contributed by atoms with van der Waals surface area (Å²) in [6.07, 6.45) is 0.922. The second-order valence-electron chi connectivity index (χ2n) is 3.05. The van der Waals surface area contributed by atoms with Gasteiger partial charge in [0.2, 0.25) is 0 Å². The maximum Gasteiger partial charge on any atom is 0.132 e. The van der Waals surface area contributed by atoms with Crippen LogP contribution in [0.25, 0.3) is 0 Å². The molecule has 0 aliphatic heterocycles. The lowest BCUT2D eigenvalue weighted by molar-refractivity contribution is 0.597. The Morgan fingerprint density at radius 2 is 2.19 bits per heavy atom. The van der Waals surface area contributed by atoms with E-state index < -0.39 is 23.5 Å². The third-order valence-electron chi connectivity index (χ3n) is 1.95. The highest BCUT2D eigenvalue weighted by atomic mass is 35.5. The molecular formula is C10H10ClF2NOS. The molecule has 88 valence electrons. The van der Waals surface area contributed by atoms with Gasteiger partial charge in [-0.15, -0.1) is 11.6 Å². The predicted octanol–water partition coefficient (Wildman–Crippen LogP) is 2.63. The quantitative estimate of drug-likeness (QED) is 0.495. The van der Waals surface area contributed by atoms with Crippen molar-refractivity contribution in [3.63, 3.8) is 0 Å². The standard InChI is InChI=1S/C10H10ClF2NOS/c11-5-1-2-10(14-16-15)8-6-7(12)3-4-9(8)13/h3-4,6,16H,1-2,5H2/b14-10+. The number of hydrogen-bond acceptors (Lipinski definition) is 1. The van der Waals surface area contributed by atoms with Crippen LogP contribution in [-0.4, -0.2) is 15.8 Å². The van der Waals surface area contributed by atoms with Crippen LogP contribution in [0, 0.1) is 11.6 Å². The maximum absolute atomic E-state index is 13.4. The van der Waals surface area contributed by atoms with Gasteiger partial charge in [0, 0.05) is 11.4 Å². The molecule has 1 rings (SSSR count). The molecule has 0 heterocycles. The largest absolute Gasteiger partial charge is 0.238 e. The summed E-state index contributed by atoms with van der Waals surface area (Å²) in [5.41, 5.74) is 0.294. The first kappa shape index (κ1) is 13.3. The lowest BCUT2D eigenvalue weighted by atomic mass is 10.1. The van der Waals surface area contributed by atoms with Crippen molar-refractivity contribution in [1.82, 2.24) is 0 Å². The van der Waals surface area contributed by atoms with Crippen molar-refractivity contribution in [3.8, 4) is 0 Å². The lowest BCUT2D eigenvalue weighted by Gasteiger charge is -2.05. The molecule has 2 nitrogen and oxygen atoms in total. The molecule has 0 aliphatic carbocycles. The molecule has 0 spiro atoms. The Hall–Kier alpha value is -0.810. The third kappa shape index (κ3) is 3.64. The summed E-state index contributed by atoms with van der Waals surface area (Å²) in [4.78, 5) is 0. The van der Waals surface area contributed by atoms with Gasteiger partial charge in [-0.2, -0.15) is 4.40 Å². The van der Waals surface area contributed by atoms with Gasteiger partial charge in [0.15, 0.2) is 0 Å².